The van der Waals surface area contributed by atoms with Gasteiger partial charge in [0, 0.05) is 18.2 Å². The van der Waals surface area contributed by atoms with Gasteiger partial charge in [0.2, 0.25) is 0 Å². The molecule has 0 heterocycles. The van der Waals surface area contributed by atoms with Crippen molar-refractivity contribution in [2.24, 2.45) is 0 Å². The third-order valence-corrected chi connectivity index (χ3v) is 1.94. The summed E-state index contributed by atoms with van der Waals surface area (Å²) in [6, 6.07) is 4.12. The molecule has 16 heavy (non-hydrogen) atoms. The molecule has 0 aliphatic rings. The summed E-state index contributed by atoms with van der Waals surface area (Å²) >= 11 is 0. The Kier molecular flexibility index (Phi) is 3.96. The molecule has 1 aromatic rings. The first-order valence-corrected chi connectivity index (χ1v) is 4.70. The number of nitro benzene ring substituents is 1. The van der Waals surface area contributed by atoms with Crippen LogP contribution in [0, 0.1) is 10.1 Å². The highest BCUT2D eigenvalue weighted by Crippen LogP contribution is 2.24. The predicted octanol–water partition coefficient (Wildman–Crippen LogP) is 1.20. The van der Waals surface area contributed by atoms with Crippen LogP contribution in [-0.2, 0) is 0 Å². The molecule has 0 spiro atoms. The molecule has 1 rings (SSSR count). The third kappa shape index (κ3) is 3.03. The van der Waals surface area contributed by atoms with Gasteiger partial charge in [-0.2, -0.15) is 0 Å². The van der Waals surface area contributed by atoms with Crippen molar-refractivity contribution >= 4 is 17.7 Å². The number of anilines is 1. The van der Waals surface area contributed by atoms with E-state index < -0.39 is 11.0 Å². The monoisotopic (exact) mass is 224 g/mol. The number of rotatable bonds is 5. The van der Waals surface area contributed by atoms with E-state index in [1.165, 1.54) is 18.2 Å². The van der Waals surface area contributed by atoms with Crippen molar-refractivity contribution in [1.29, 1.82) is 0 Å². The first-order valence-electron chi connectivity index (χ1n) is 4.70. The second kappa shape index (κ2) is 5.22. The van der Waals surface area contributed by atoms with Gasteiger partial charge in [-0.05, 0) is 19.1 Å². The van der Waals surface area contributed by atoms with Crippen LogP contribution < -0.4 is 5.32 Å². The van der Waals surface area contributed by atoms with Gasteiger partial charge in [0.15, 0.2) is 0 Å². The summed E-state index contributed by atoms with van der Waals surface area (Å²) in [6.45, 7) is 1.78. The Morgan fingerprint density at radius 2 is 2.31 bits per heavy atom. The average molecular weight is 224 g/mol. The van der Waals surface area contributed by atoms with E-state index in [2.05, 4.69) is 5.32 Å². The lowest BCUT2D eigenvalue weighted by molar-refractivity contribution is -0.384. The van der Waals surface area contributed by atoms with Crippen molar-refractivity contribution in [1.82, 2.24) is 0 Å². The van der Waals surface area contributed by atoms with E-state index in [1.54, 1.807) is 6.92 Å². The number of benzene rings is 1. The standard InChI is InChI=1S/C10H12N2O4/c1-7(14)5-11-9-3-2-8(6-13)4-10(9)12(15)16/h2-4,6-7,11,14H,5H2,1H3/t7-/m1/s1. The van der Waals surface area contributed by atoms with Crippen molar-refractivity contribution in [3.8, 4) is 0 Å². The molecular formula is C10H12N2O4. The van der Waals surface area contributed by atoms with Crippen molar-refractivity contribution < 1.29 is 14.8 Å². The topological polar surface area (TPSA) is 92.5 Å². The van der Waals surface area contributed by atoms with Crippen molar-refractivity contribution in [2.75, 3.05) is 11.9 Å². The van der Waals surface area contributed by atoms with Crippen molar-refractivity contribution in [2.45, 2.75) is 13.0 Å². The Morgan fingerprint density at radius 3 is 2.81 bits per heavy atom. The fourth-order valence-electron chi connectivity index (χ4n) is 1.18. The normalized spacial score (nSPS) is 11.9. The molecule has 6 heteroatoms. The second-order valence-corrected chi connectivity index (χ2v) is 3.38. The van der Waals surface area contributed by atoms with Crippen LogP contribution in [-0.4, -0.2) is 29.0 Å². The maximum Gasteiger partial charge on any atom is 0.293 e. The smallest absolute Gasteiger partial charge is 0.293 e. The van der Waals surface area contributed by atoms with Gasteiger partial charge < -0.3 is 10.4 Å². The number of aliphatic hydroxyl groups is 1. The quantitative estimate of drug-likeness (QED) is 0.445. The number of nitrogens with zero attached hydrogens (tertiary/aromatic N) is 1. The minimum atomic E-state index is -0.606. The van der Waals surface area contributed by atoms with Gasteiger partial charge in [0.25, 0.3) is 5.69 Å². The molecule has 0 radical (unpaired) electrons. The van der Waals surface area contributed by atoms with Gasteiger partial charge in [-0.25, -0.2) is 0 Å². The molecule has 6 nitrogen and oxygen atoms in total. The maximum absolute atomic E-state index is 10.7. The first-order chi connectivity index (χ1) is 7.54. The molecule has 0 aliphatic carbocycles. The number of carbonyl (C=O) groups excluding carboxylic acids is 1. The summed E-state index contributed by atoms with van der Waals surface area (Å²) < 4.78 is 0. The van der Waals surface area contributed by atoms with Crippen LogP contribution in [0.15, 0.2) is 18.2 Å². The van der Waals surface area contributed by atoms with Crippen LogP contribution in [0.2, 0.25) is 0 Å². The maximum atomic E-state index is 10.7. The molecule has 0 aliphatic heterocycles. The van der Waals surface area contributed by atoms with Crippen LogP contribution in [0.25, 0.3) is 0 Å². The zero-order valence-electron chi connectivity index (χ0n) is 8.71. The third-order valence-electron chi connectivity index (χ3n) is 1.94. The minimum absolute atomic E-state index is 0.176. The number of hydrogen-bond acceptors (Lipinski definition) is 5. The summed E-state index contributed by atoms with van der Waals surface area (Å²) in [5.74, 6) is 0. The molecule has 0 amide bonds. The number of aldehydes is 1. The van der Waals surface area contributed by atoms with Crippen LogP contribution >= 0.6 is 0 Å². The Labute approximate surface area is 92.0 Å². The lowest BCUT2D eigenvalue weighted by Crippen LogP contribution is -2.16. The minimum Gasteiger partial charge on any atom is -0.392 e. The summed E-state index contributed by atoms with van der Waals surface area (Å²) in [7, 11) is 0. The number of carbonyl (C=O) groups is 1. The van der Waals surface area contributed by atoms with E-state index in [4.69, 9.17) is 5.11 Å². The van der Waals surface area contributed by atoms with Crippen molar-refractivity contribution in [3.05, 3.63) is 33.9 Å². The number of hydrogen-bond donors (Lipinski definition) is 2. The molecule has 1 atom stereocenters. The SMILES string of the molecule is C[C@@H](O)CNc1ccc(C=O)cc1[N+](=O)[O-]. The molecule has 0 bridgehead atoms. The highest BCUT2D eigenvalue weighted by atomic mass is 16.6. The van der Waals surface area contributed by atoms with Gasteiger partial charge in [-0.15, -0.1) is 0 Å². The summed E-state index contributed by atoms with van der Waals surface area (Å²) in [5, 5.41) is 22.5. The average Bonchev–Trinajstić information content (AvgIpc) is 2.25. The number of nitro groups is 1. The fourth-order valence-corrected chi connectivity index (χ4v) is 1.18. The van der Waals surface area contributed by atoms with E-state index in [0.29, 0.717) is 6.29 Å². The second-order valence-electron chi connectivity index (χ2n) is 3.38. The zero-order valence-corrected chi connectivity index (χ0v) is 8.71. The molecular weight excluding hydrogens is 212 g/mol. The van der Waals surface area contributed by atoms with Crippen LogP contribution in [0.3, 0.4) is 0 Å². The van der Waals surface area contributed by atoms with E-state index in [1.807, 2.05) is 0 Å². The summed E-state index contributed by atoms with van der Waals surface area (Å²) in [5.41, 5.74) is 0.357. The molecule has 0 saturated heterocycles. The predicted molar refractivity (Wildman–Crippen MR) is 58.7 cm³/mol. The van der Waals surface area contributed by atoms with E-state index >= 15 is 0 Å². The first kappa shape index (κ1) is 12.1. The lowest BCUT2D eigenvalue weighted by Gasteiger charge is -2.08. The lowest BCUT2D eigenvalue weighted by atomic mass is 10.2. The van der Waals surface area contributed by atoms with Gasteiger partial charge >= 0.3 is 0 Å². The van der Waals surface area contributed by atoms with Gasteiger partial charge in [0.05, 0.1) is 11.0 Å². The van der Waals surface area contributed by atoms with Gasteiger partial charge in [-0.1, -0.05) is 0 Å². The Balaban J connectivity index is 2.98. The van der Waals surface area contributed by atoms with Gasteiger partial charge in [-0.3, -0.25) is 14.9 Å². The molecule has 1 aromatic carbocycles. The number of aliphatic hydroxyl groups excluding tert-OH is 1. The van der Waals surface area contributed by atoms with Crippen LogP contribution in [0.4, 0.5) is 11.4 Å². The molecule has 0 fully saturated rings. The summed E-state index contributed by atoms with van der Waals surface area (Å²) in [6.07, 6.45) is -0.0591. The van der Waals surface area contributed by atoms with E-state index in [0.717, 1.165) is 0 Å². The Hall–Kier alpha value is -1.95. The molecule has 86 valence electrons. The van der Waals surface area contributed by atoms with Crippen LogP contribution in [0.5, 0.6) is 0 Å². The Morgan fingerprint density at radius 1 is 1.62 bits per heavy atom. The van der Waals surface area contributed by atoms with Crippen LogP contribution in [0.1, 0.15) is 17.3 Å². The van der Waals surface area contributed by atoms with Crippen molar-refractivity contribution in [3.63, 3.8) is 0 Å². The molecule has 2 N–H and O–H groups in total. The fraction of sp³-hybridized carbons (Fsp3) is 0.300. The molecule has 0 unspecified atom stereocenters. The summed E-state index contributed by atoms with van der Waals surface area (Å²) in [4.78, 5) is 20.6. The molecule has 0 saturated carbocycles. The van der Waals surface area contributed by atoms with E-state index in [-0.39, 0.29) is 23.5 Å². The Bertz CT molecular complexity index is 404. The van der Waals surface area contributed by atoms with E-state index in [9.17, 15) is 14.9 Å². The number of nitrogens with one attached hydrogen (secondary N) is 1. The molecule has 0 aromatic heterocycles. The highest BCUT2D eigenvalue weighted by Gasteiger charge is 2.14. The highest BCUT2D eigenvalue weighted by molar-refractivity contribution is 5.79. The largest absolute Gasteiger partial charge is 0.392 e. The zero-order chi connectivity index (χ0) is 12.1. The van der Waals surface area contributed by atoms with Gasteiger partial charge in [0.1, 0.15) is 12.0 Å².